The van der Waals surface area contributed by atoms with Crippen LogP contribution < -0.4 is 0 Å². The van der Waals surface area contributed by atoms with E-state index in [1.165, 1.54) is 0 Å². The number of halogens is 1. The van der Waals surface area contributed by atoms with Crippen LogP contribution in [-0.4, -0.2) is 33.2 Å². The summed E-state index contributed by atoms with van der Waals surface area (Å²) in [7, 11) is 0. The van der Waals surface area contributed by atoms with Gasteiger partial charge in [-0.1, -0.05) is 28.1 Å². The van der Waals surface area contributed by atoms with Gasteiger partial charge in [0.15, 0.2) is 0 Å². The summed E-state index contributed by atoms with van der Waals surface area (Å²) in [6, 6.07) is 10.2. The van der Waals surface area contributed by atoms with E-state index < -0.39 is 0 Å². The van der Waals surface area contributed by atoms with Gasteiger partial charge in [-0.25, -0.2) is 0 Å². The summed E-state index contributed by atoms with van der Waals surface area (Å²) < 4.78 is 2.95. The third-order valence-corrected chi connectivity index (χ3v) is 4.45. The molecule has 2 aromatic rings. The first-order chi connectivity index (χ1) is 10.2. The second-order valence-electron chi connectivity index (χ2n) is 5.41. The molecule has 0 spiro atoms. The molecule has 1 saturated heterocycles. The third kappa shape index (κ3) is 3.53. The van der Waals surface area contributed by atoms with Crippen molar-refractivity contribution >= 4 is 21.8 Å². The van der Waals surface area contributed by atoms with E-state index in [2.05, 4.69) is 21.0 Å². The summed E-state index contributed by atoms with van der Waals surface area (Å²) in [6.45, 7) is 1.65. The van der Waals surface area contributed by atoms with Gasteiger partial charge in [0.05, 0.1) is 19.0 Å². The Kier molecular flexibility index (Phi) is 4.39. The van der Waals surface area contributed by atoms with E-state index in [0.29, 0.717) is 6.42 Å². The molecule has 1 fully saturated rings. The van der Waals surface area contributed by atoms with Gasteiger partial charge in [-0.2, -0.15) is 5.10 Å². The van der Waals surface area contributed by atoms with Gasteiger partial charge in [0.1, 0.15) is 0 Å². The van der Waals surface area contributed by atoms with Crippen molar-refractivity contribution in [2.45, 2.75) is 31.8 Å². The Bertz CT molecular complexity index is 594. The van der Waals surface area contributed by atoms with Crippen molar-refractivity contribution in [2.24, 2.45) is 0 Å². The van der Waals surface area contributed by atoms with Crippen LogP contribution in [-0.2, 0) is 17.8 Å². The summed E-state index contributed by atoms with van der Waals surface area (Å²) in [5, 5.41) is 4.24. The first-order valence-corrected chi connectivity index (χ1v) is 8.03. The molecule has 110 valence electrons. The highest BCUT2D eigenvalue weighted by atomic mass is 79.9. The minimum Gasteiger partial charge on any atom is -0.338 e. The molecule has 3 rings (SSSR count). The largest absolute Gasteiger partial charge is 0.338 e. The van der Waals surface area contributed by atoms with Gasteiger partial charge in [0.25, 0.3) is 0 Å². The Morgan fingerprint density at radius 1 is 1.33 bits per heavy atom. The molecule has 1 aromatic carbocycles. The van der Waals surface area contributed by atoms with Crippen molar-refractivity contribution in [3.05, 3.63) is 52.8 Å². The molecule has 1 aliphatic rings. The molecular formula is C16H18BrN3O. The molecule has 0 bridgehead atoms. The second-order valence-corrected chi connectivity index (χ2v) is 6.33. The Morgan fingerprint density at radius 3 is 2.86 bits per heavy atom. The van der Waals surface area contributed by atoms with Gasteiger partial charge in [-0.05, 0) is 36.6 Å². The number of benzene rings is 1. The Morgan fingerprint density at radius 2 is 2.14 bits per heavy atom. The molecule has 0 N–H and O–H groups in total. The lowest BCUT2D eigenvalue weighted by Crippen LogP contribution is -2.39. The number of rotatable bonds is 4. The van der Waals surface area contributed by atoms with Crippen molar-refractivity contribution in [1.82, 2.24) is 14.7 Å². The topological polar surface area (TPSA) is 38.1 Å². The van der Waals surface area contributed by atoms with Crippen LogP contribution in [0.15, 0.2) is 47.2 Å². The van der Waals surface area contributed by atoms with Crippen molar-refractivity contribution < 1.29 is 4.79 Å². The predicted molar refractivity (Wildman–Crippen MR) is 84.8 cm³/mol. The summed E-state index contributed by atoms with van der Waals surface area (Å²) in [6.07, 6.45) is 6.35. The lowest BCUT2D eigenvalue weighted by Gasteiger charge is -2.25. The number of aromatic nitrogens is 2. The highest BCUT2D eigenvalue weighted by molar-refractivity contribution is 9.10. The maximum atomic E-state index is 12.5. The van der Waals surface area contributed by atoms with Gasteiger partial charge in [0.2, 0.25) is 5.91 Å². The second kappa shape index (κ2) is 6.43. The van der Waals surface area contributed by atoms with Crippen LogP contribution in [0.5, 0.6) is 0 Å². The van der Waals surface area contributed by atoms with Crippen molar-refractivity contribution in [3.63, 3.8) is 0 Å². The number of nitrogens with zero attached hydrogens (tertiary/aromatic N) is 3. The number of carbonyl (C=O) groups excluding carboxylic acids is 1. The zero-order chi connectivity index (χ0) is 14.7. The van der Waals surface area contributed by atoms with E-state index in [9.17, 15) is 4.79 Å². The molecule has 0 unspecified atom stereocenters. The maximum absolute atomic E-state index is 12.5. The molecule has 0 radical (unpaired) electrons. The molecule has 0 aliphatic carbocycles. The van der Waals surface area contributed by atoms with Gasteiger partial charge < -0.3 is 4.90 Å². The first kappa shape index (κ1) is 14.3. The predicted octanol–water partition coefficient (Wildman–Crippen LogP) is 2.88. The van der Waals surface area contributed by atoms with E-state index in [4.69, 9.17) is 0 Å². The van der Waals surface area contributed by atoms with Crippen LogP contribution in [0.1, 0.15) is 18.4 Å². The molecular weight excluding hydrogens is 330 g/mol. The fourth-order valence-corrected chi connectivity index (χ4v) is 3.12. The lowest BCUT2D eigenvalue weighted by molar-refractivity contribution is -0.131. The summed E-state index contributed by atoms with van der Waals surface area (Å²) in [5.74, 6) is 0.215. The van der Waals surface area contributed by atoms with Crippen molar-refractivity contribution in [1.29, 1.82) is 0 Å². The fraction of sp³-hybridized carbons (Fsp3) is 0.375. The van der Waals surface area contributed by atoms with Gasteiger partial charge in [-0.15, -0.1) is 0 Å². The average Bonchev–Trinajstić information content (AvgIpc) is 3.13. The van der Waals surface area contributed by atoms with E-state index in [0.717, 1.165) is 36.0 Å². The van der Waals surface area contributed by atoms with Crippen LogP contribution in [0.3, 0.4) is 0 Å². The number of carbonyl (C=O) groups is 1. The zero-order valence-corrected chi connectivity index (χ0v) is 13.4. The van der Waals surface area contributed by atoms with E-state index in [1.54, 1.807) is 6.20 Å². The SMILES string of the molecule is O=C(Cc1ccc(Br)cc1)N1CCC[C@H]1Cn1cccn1. The number of amides is 1. The summed E-state index contributed by atoms with van der Waals surface area (Å²) >= 11 is 3.42. The average molecular weight is 348 g/mol. The van der Waals surface area contributed by atoms with Crippen molar-refractivity contribution in [3.8, 4) is 0 Å². The minimum absolute atomic E-state index is 0.215. The van der Waals surface area contributed by atoms with Gasteiger partial charge in [0, 0.05) is 23.4 Å². The zero-order valence-electron chi connectivity index (χ0n) is 11.8. The number of hydrogen-bond donors (Lipinski definition) is 0. The standard InChI is InChI=1S/C16H18BrN3O/c17-14-6-4-13(5-7-14)11-16(21)20-10-1-3-15(20)12-19-9-2-8-18-19/h2,4-9,15H,1,3,10-12H2/t15-/m0/s1. The highest BCUT2D eigenvalue weighted by Crippen LogP contribution is 2.20. The Labute approximate surface area is 132 Å². The van der Waals surface area contributed by atoms with Crippen LogP contribution in [0.25, 0.3) is 0 Å². The normalized spacial score (nSPS) is 18.1. The quantitative estimate of drug-likeness (QED) is 0.852. The Hall–Kier alpha value is -1.62. The number of likely N-dealkylation sites (tertiary alicyclic amines) is 1. The van der Waals surface area contributed by atoms with Crippen molar-refractivity contribution in [2.75, 3.05) is 6.54 Å². The molecule has 21 heavy (non-hydrogen) atoms. The maximum Gasteiger partial charge on any atom is 0.227 e. The van der Waals surface area contributed by atoms with Crippen LogP contribution in [0.4, 0.5) is 0 Å². The molecule has 1 aromatic heterocycles. The molecule has 4 nitrogen and oxygen atoms in total. The molecule has 1 amide bonds. The molecule has 1 aliphatic heterocycles. The van der Waals surface area contributed by atoms with E-state index >= 15 is 0 Å². The van der Waals surface area contributed by atoms with Crippen LogP contribution in [0.2, 0.25) is 0 Å². The monoisotopic (exact) mass is 347 g/mol. The summed E-state index contributed by atoms with van der Waals surface area (Å²) in [4.78, 5) is 14.5. The molecule has 2 heterocycles. The van der Waals surface area contributed by atoms with E-state index in [1.807, 2.05) is 46.1 Å². The smallest absolute Gasteiger partial charge is 0.227 e. The van der Waals surface area contributed by atoms with E-state index in [-0.39, 0.29) is 11.9 Å². The van der Waals surface area contributed by atoms with Crippen LogP contribution in [0, 0.1) is 0 Å². The highest BCUT2D eigenvalue weighted by Gasteiger charge is 2.28. The molecule has 0 saturated carbocycles. The minimum atomic E-state index is 0.215. The summed E-state index contributed by atoms with van der Waals surface area (Å²) in [5.41, 5.74) is 1.06. The van der Waals surface area contributed by atoms with Gasteiger partial charge >= 0.3 is 0 Å². The fourth-order valence-electron chi connectivity index (χ4n) is 2.86. The third-order valence-electron chi connectivity index (χ3n) is 3.92. The molecule has 5 heteroatoms. The first-order valence-electron chi connectivity index (χ1n) is 7.24. The van der Waals surface area contributed by atoms with Crippen LogP contribution >= 0.6 is 15.9 Å². The Balaban J connectivity index is 1.64. The lowest BCUT2D eigenvalue weighted by atomic mass is 10.1. The number of hydrogen-bond acceptors (Lipinski definition) is 2. The molecule has 1 atom stereocenters. The van der Waals surface area contributed by atoms with Gasteiger partial charge in [-0.3, -0.25) is 9.48 Å².